The number of hydrogen-bond acceptors (Lipinski definition) is 3. The lowest BCUT2D eigenvalue weighted by Crippen LogP contribution is -2.26. The van der Waals surface area contributed by atoms with Crippen LogP contribution in [0.3, 0.4) is 0 Å². The summed E-state index contributed by atoms with van der Waals surface area (Å²) in [6, 6.07) is 0. The van der Waals surface area contributed by atoms with E-state index in [-0.39, 0.29) is 6.09 Å². The average molecular weight is 315 g/mol. The molecule has 0 aromatic heterocycles. The van der Waals surface area contributed by atoms with Crippen LogP contribution in [-0.4, -0.2) is 37.4 Å². The molecule has 0 aromatic rings. The predicted molar refractivity (Wildman–Crippen MR) is 64.0 cm³/mol. The fourth-order valence-electron chi connectivity index (χ4n) is 0.855. The van der Waals surface area contributed by atoms with Gasteiger partial charge in [-0.15, -0.1) is 0 Å². The third-order valence-electron chi connectivity index (χ3n) is 1.60. The Hall–Kier alpha value is -0.0400. The molecule has 0 radical (unpaired) electrons. The first kappa shape index (κ1) is 14.0. The standard InChI is InChI=1S/C9H18INO3/c1-13-7-8-14-9(12)11-6-4-2-3-5-10/h2-8H2,1H3,(H,11,12). The van der Waals surface area contributed by atoms with Crippen LogP contribution in [0.4, 0.5) is 4.79 Å². The molecular weight excluding hydrogens is 297 g/mol. The maximum absolute atomic E-state index is 11.0. The summed E-state index contributed by atoms with van der Waals surface area (Å²) in [4.78, 5) is 11.0. The molecule has 0 unspecified atom stereocenters. The van der Waals surface area contributed by atoms with Crippen molar-refractivity contribution in [3.05, 3.63) is 0 Å². The minimum absolute atomic E-state index is 0.316. The highest BCUT2D eigenvalue weighted by Gasteiger charge is 1.99. The molecule has 84 valence electrons. The zero-order valence-corrected chi connectivity index (χ0v) is 10.7. The van der Waals surface area contributed by atoms with E-state index in [0.29, 0.717) is 19.8 Å². The Labute approximate surface area is 98.9 Å². The highest BCUT2D eigenvalue weighted by molar-refractivity contribution is 14.1. The molecule has 1 N–H and O–H groups in total. The average Bonchev–Trinajstić information content (AvgIpc) is 2.18. The largest absolute Gasteiger partial charge is 0.447 e. The molecular formula is C9H18INO3. The van der Waals surface area contributed by atoms with Crippen molar-refractivity contribution in [1.82, 2.24) is 5.32 Å². The number of amides is 1. The van der Waals surface area contributed by atoms with Crippen molar-refractivity contribution in [1.29, 1.82) is 0 Å². The van der Waals surface area contributed by atoms with Gasteiger partial charge in [0.2, 0.25) is 0 Å². The SMILES string of the molecule is COCCOC(=O)NCCCCCI. The van der Waals surface area contributed by atoms with E-state index >= 15 is 0 Å². The molecule has 0 atom stereocenters. The molecule has 0 heterocycles. The van der Waals surface area contributed by atoms with Crippen molar-refractivity contribution < 1.29 is 14.3 Å². The number of alkyl halides is 1. The molecule has 5 heteroatoms. The summed E-state index contributed by atoms with van der Waals surface area (Å²) in [6.45, 7) is 1.46. The number of carbonyl (C=O) groups is 1. The normalized spacial score (nSPS) is 9.86. The Morgan fingerprint density at radius 1 is 1.29 bits per heavy atom. The van der Waals surface area contributed by atoms with Gasteiger partial charge in [-0.25, -0.2) is 4.79 Å². The molecule has 0 bridgehead atoms. The predicted octanol–water partition coefficient (Wildman–Crippen LogP) is 1.96. The molecule has 0 aliphatic rings. The van der Waals surface area contributed by atoms with Gasteiger partial charge >= 0.3 is 6.09 Å². The topological polar surface area (TPSA) is 47.6 Å². The summed E-state index contributed by atoms with van der Waals surface area (Å²) in [5, 5.41) is 2.68. The second-order valence-corrected chi connectivity index (χ2v) is 3.88. The number of methoxy groups -OCH3 is 1. The third kappa shape index (κ3) is 10.0. The number of ether oxygens (including phenoxy) is 2. The van der Waals surface area contributed by atoms with Crippen molar-refractivity contribution in [2.45, 2.75) is 19.3 Å². The summed E-state index contributed by atoms with van der Waals surface area (Å²) in [7, 11) is 1.57. The zero-order valence-electron chi connectivity index (χ0n) is 8.55. The van der Waals surface area contributed by atoms with Gasteiger partial charge in [0, 0.05) is 13.7 Å². The highest BCUT2D eigenvalue weighted by atomic mass is 127. The number of unbranched alkanes of at least 4 members (excludes halogenated alkanes) is 2. The van der Waals surface area contributed by atoms with Crippen LogP contribution >= 0.6 is 22.6 Å². The maximum atomic E-state index is 11.0. The van der Waals surface area contributed by atoms with Crippen LogP contribution < -0.4 is 5.32 Å². The van der Waals surface area contributed by atoms with Gasteiger partial charge in [-0.1, -0.05) is 29.0 Å². The lowest BCUT2D eigenvalue weighted by Gasteiger charge is -2.05. The van der Waals surface area contributed by atoms with Gasteiger partial charge in [-0.3, -0.25) is 0 Å². The van der Waals surface area contributed by atoms with Crippen molar-refractivity contribution in [2.24, 2.45) is 0 Å². The van der Waals surface area contributed by atoms with Crippen LogP contribution in [0.1, 0.15) is 19.3 Å². The zero-order chi connectivity index (χ0) is 10.6. The number of hydrogen-bond donors (Lipinski definition) is 1. The van der Waals surface area contributed by atoms with Crippen LogP contribution in [-0.2, 0) is 9.47 Å². The monoisotopic (exact) mass is 315 g/mol. The van der Waals surface area contributed by atoms with E-state index in [1.54, 1.807) is 7.11 Å². The molecule has 0 aromatic carbocycles. The van der Waals surface area contributed by atoms with Gasteiger partial charge in [0.1, 0.15) is 6.61 Å². The maximum Gasteiger partial charge on any atom is 0.407 e. The van der Waals surface area contributed by atoms with Crippen LogP contribution in [0.2, 0.25) is 0 Å². The summed E-state index contributed by atoms with van der Waals surface area (Å²) < 4.78 is 10.7. The summed E-state index contributed by atoms with van der Waals surface area (Å²) in [5.41, 5.74) is 0. The second kappa shape index (κ2) is 11.0. The first-order valence-electron chi connectivity index (χ1n) is 4.76. The van der Waals surface area contributed by atoms with Crippen LogP contribution in [0.5, 0.6) is 0 Å². The fourth-order valence-corrected chi connectivity index (χ4v) is 1.39. The van der Waals surface area contributed by atoms with Gasteiger partial charge < -0.3 is 14.8 Å². The van der Waals surface area contributed by atoms with Gasteiger partial charge in [-0.05, 0) is 17.3 Å². The molecule has 0 aliphatic carbocycles. The Kier molecular flexibility index (Phi) is 11.0. The number of alkyl carbamates (subject to hydrolysis) is 1. The van der Waals surface area contributed by atoms with Gasteiger partial charge in [0.25, 0.3) is 0 Å². The number of rotatable bonds is 8. The quantitative estimate of drug-likeness (QED) is 0.423. The molecule has 0 spiro atoms. The molecule has 0 saturated heterocycles. The van der Waals surface area contributed by atoms with Crippen molar-refractivity contribution in [3.8, 4) is 0 Å². The number of halogens is 1. The first-order chi connectivity index (χ1) is 6.81. The Balaban J connectivity index is 3.10. The van der Waals surface area contributed by atoms with Gasteiger partial charge in [0.05, 0.1) is 6.61 Å². The molecule has 0 fully saturated rings. The molecule has 0 aliphatic heterocycles. The molecule has 14 heavy (non-hydrogen) atoms. The Morgan fingerprint density at radius 3 is 2.71 bits per heavy atom. The van der Waals surface area contributed by atoms with Crippen molar-refractivity contribution >= 4 is 28.7 Å². The highest BCUT2D eigenvalue weighted by Crippen LogP contribution is 1.97. The third-order valence-corrected chi connectivity index (χ3v) is 2.36. The number of nitrogens with one attached hydrogen (secondary N) is 1. The minimum atomic E-state index is -0.350. The molecule has 0 rings (SSSR count). The van der Waals surface area contributed by atoms with E-state index in [0.717, 1.165) is 12.8 Å². The van der Waals surface area contributed by atoms with E-state index in [4.69, 9.17) is 9.47 Å². The lowest BCUT2D eigenvalue weighted by molar-refractivity contribution is 0.0985. The van der Waals surface area contributed by atoms with E-state index < -0.39 is 0 Å². The van der Waals surface area contributed by atoms with Crippen LogP contribution in [0.25, 0.3) is 0 Å². The Bertz CT molecular complexity index is 144. The molecule has 4 nitrogen and oxygen atoms in total. The van der Waals surface area contributed by atoms with E-state index in [1.807, 2.05) is 0 Å². The van der Waals surface area contributed by atoms with E-state index in [1.165, 1.54) is 10.8 Å². The van der Waals surface area contributed by atoms with Gasteiger partial charge in [-0.2, -0.15) is 0 Å². The first-order valence-corrected chi connectivity index (χ1v) is 6.29. The Morgan fingerprint density at radius 2 is 2.07 bits per heavy atom. The molecule has 0 saturated carbocycles. The second-order valence-electron chi connectivity index (χ2n) is 2.81. The van der Waals surface area contributed by atoms with E-state index in [2.05, 4.69) is 27.9 Å². The summed E-state index contributed by atoms with van der Waals surface area (Å²) >= 11 is 2.35. The van der Waals surface area contributed by atoms with Crippen molar-refractivity contribution in [2.75, 3.05) is 31.3 Å². The fraction of sp³-hybridized carbons (Fsp3) is 0.889. The lowest BCUT2D eigenvalue weighted by atomic mass is 10.2. The van der Waals surface area contributed by atoms with E-state index in [9.17, 15) is 4.79 Å². The number of carbonyl (C=O) groups excluding carboxylic acids is 1. The summed E-state index contributed by atoms with van der Waals surface area (Å²) in [5.74, 6) is 0. The minimum Gasteiger partial charge on any atom is -0.447 e. The van der Waals surface area contributed by atoms with Crippen molar-refractivity contribution in [3.63, 3.8) is 0 Å². The smallest absolute Gasteiger partial charge is 0.407 e. The molecule has 1 amide bonds. The summed E-state index contributed by atoms with van der Waals surface area (Å²) in [6.07, 6.45) is 3.03. The van der Waals surface area contributed by atoms with Crippen LogP contribution in [0, 0.1) is 0 Å². The van der Waals surface area contributed by atoms with Gasteiger partial charge in [0.15, 0.2) is 0 Å². The van der Waals surface area contributed by atoms with Crippen LogP contribution in [0.15, 0.2) is 0 Å².